The molecule has 0 amide bonds. The van der Waals surface area contributed by atoms with Crippen LogP contribution in [0.5, 0.6) is 0 Å². The van der Waals surface area contributed by atoms with Gasteiger partial charge in [0.15, 0.2) is 0 Å². The second-order valence-corrected chi connectivity index (χ2v) is 5.43. The van der Waals surface area contributed by atoms with Gasteiger partial charge in [-0.05, 0) is 63.3 Å². The molecule has 0 saturated heterocycles. The van der Waals surface area contributed by atoms with E-state index in [1.54, 1.807) is 0 Å². The molecule has 1 atom stereocenters. The lowest BCUT2D eigenvalue weighted by Gasteiger charge is -2.15. The molecular weight excluding hydrogens is 172 g/mol. The smallest absolute Gasteiger partial charge is 0.00109 e. The predicted octanol–water partition coefficient (Wildman–Crippen LogP) is 1.89. The number of hydrogen-bond acceptors (Lipinski definition) is 2. The van der Waals surface area contributed by atoms with Crippen LogP contribution in [0, 0.1) is 11.3 Å². The van der Waals surface area contributed by atoms with E-state index < -0.39 is 0 Å². The highest BCUT2D eigenvalue weighted by Crippen LogP contribution is 2.60. The van der Waals surface area contributed by atoms with Crippen molar-refractivity contribution in [3.05, 3.63) is 0 Å². The maximum absolute atomic E-state index is 5.70. The minimum Gasteiger partial charge on any atom is -0.328 e. The second-order valence-electron chi connectivity index (χ2n) is 5.43. The average molecular weight is 196 g/mol. The Kier molecular flexibility index (Phi) is 3.13. The van der Waals surface area contributed by atoms with Gasteiger partial charge >= 0.3 is 0 Å². The average Bonchev–Trinajstić information content (AvgIpc) is 2.98. The van der Waals surface area contributed by atoms with Crippen molar-refractivity contribution < 1.29 is 0 Å². The Labute approximate surface area is 87.6 Å². The molecule has 2 heteroatoms. The normalized spacial score (nSPS) is 26.1. The fourth-order valence-electron chi connectivity index (χ4n) is 2.47. The van der Waals surface area contributed by atoms with Gasteiger partial charge in [-0.15, -0.1) is 0 Å². The topological polar surface area (TPSA) is 38.0 Å². The predicted molar refractivity (Wildman–Crippen MR) is 60.1 cm³/mol. The molecule has 1 unspecified atom stereocenters. The van der Waals surface area contributed by atoms with E-state index in [0.29, 0.717) is 6.04 Å². The Morgan fingerprint density at radius 1 is 1.43 bits per heavy atom. The summed E-state index contributed by atoms with van der Waals surface area (Å²) in [4.78, 5) is 0. The van der Waals surface area contributed by atoms with Gasteiger partial charge in [-0.2, -0.15) is 0 Å². The first-order valence-corrected chi connectivity index (χ1v) is 6.19. The highest BCUT2D eigenvalue weighted by atomic mass is 14.9. The summed E-state index contributed by atoms with van der Waals surface area (Å²) in [5, 5.41) is 3.61. The molecule has 2 nitrogen and oxygen atoms in total. The van der Waals surface area contributed by atoms with Gasteiger partial charge in [0.25, 0.3) is 0 Å². The third-order valence-corrected chi connectivity index (χ3v) is 3.83. The molecule has 0 aromatic rings. The van der Waals surface area contributed by atoms with Gasteiger partial charge in [-0.3, -0.25) is 0 Å². The van der Waals surface area contributed by atoms with Gasteiger partial charge in [0, 0.05) is 12.6 Å². The zero-order valence-corrected chi connectivity index (χ0v) is 9.39. The summed E-state index contributed by atoms with van der Waals surface area (Å²) in [6, 6.07) is 0.370. The van der Waals surface area contributed by atoms with Crippen LogP contribution >= 0.6 is 0 Å². The first-order chi connectivity index (χ1) is 6.73. The minimum absolute atomic E-state index is 0.370. The van der Waals surface area contributed by atoms with Gasteiger partial charge in [-0.1, -0.05) is 0 Å². The van der Waals surface area contributed by atoms with E-state index >= 15 is 0 Å². The van der Waals surface area contributed by atoms with Crippen LogP contribution in [0.3, 0.4) is 0 Å². The van der Waals surface area contributed by atoms with Crippen molar-refractivity contribution in [1.82, 2.24) is 5.32 Å². The molecule has 2 aliphatic rings. The highest BCUT2D eigenvalue weighted by molar-refractivity contribution is 5.04. The molecule has 3 N–H and O–H groups in total. The van der Waals surface area contributed by atoms with E-state index in [1.165, 1.54) is 38.6 Å². The van der Waals surface area contributed by atoms with Crippen molar-refractivity contribution in [3.8, 4) is 0 Å². The Morgan fingerprint density at radius 3 is 2.64 bits per heavy atom. The molecule has 2 fully saturated rings. The first kappa shape index (κ1) is 10.4. The largest absolute Gasteiger partial charge is 0.328 e. The van der Waals surface area contributed by atoms with E-state index in [4.69, 9.17) is 5.73 Å². The van der Waals surface area contributed by atoms with E-state index in [1.807, 2.05) is 0 Å². The molecule has 0 heterocycles. The summed E-state index contributed by atoms with van der Waals surface area (Å²) in [7, 11) is 0. The van der Waals surface area contributed by atoms with Crippen LogP contribution in [-0.4, -0.2) is 19.1 Å². The minimum atomic E-state index is 0.370. The molecule has 0 radical (unpaired) electrons. The number of hydrogen-bond donors (Lipinski definition) is 2. The number of rotatable bonds is 7. The molecule has 0 aliphatic heterocycles. The Bertz CT molecular complexity index is 181. The van der Waals surface area contributed by atoms with Crippen LogP contribution in [0.15, 0.2) is 0 Å². The van der Waals surface area contributed by atoms with Gasteiger partial charge in [-0.25, -0.2) is 0 Å². The van der Waals surface area contributed by atoms with Gasteiger partial charge < -0.3 is 11.1 Å². The quantitative estimate of drug-likeness (QED) is 0.610. The third-order valence-electron chi connectivity index (χ3n) is 3.83. The van der Waals surface area contributed by atoms with Crippen molar-refractivity contribution in [1.29, 1.82) is 0 Å². The second kappa shape index (κ2) is 4.19. The molecule has 0 spiro atoms. The van der Waals surface area contributed by atoms with Gasteiger partial charge in [0.1, 0.15) is 0 Å². The van der Waals surface area contributed by atoms with Gasteiger partial charge in [0.2, 0.25) is 0 Å². The van der Waals surface area contributed by atoms with E-state index in [-0.39, 0.29) is 0 Å². The molecule has 2 aliphatic carbocycles. The summed E-state index contributed by atoms with van der Waals surface area (Å²) in [5.74, 6) is 1.09. The lowest BCUT2D eigenvalue weighted by atomic mass is 10.0. The summed E-state index contributed by atoms with van der Waals surface area (Å²) < 4.78 is 0. The van der Waals surface area contributed by atoms with Crippen LogP contribution in [0.2, 0.25) is 0 Å². The van der Waals surface area contributed by atoms with E-state index in [2.05, 4.69) is 12.2 Å². The molecule has 14 heavy (non-hydrogen) atoms. The van der Waals surface area contributed by atoms with Crippen LogP contribution in [0.1, 0.15) is 45.4 Å². The molecule has 0 bridgehead atoms. The SMILES string of the molecule is CC(N)CCCNCC1(C2CC2)CC1. The molecule has 82 valence electrons. The number of nitrogens with two attached hydrogens (primary N) is 1. The first-order valence-electron chi connectivity index (χ1n) is 6.19. The maximum Gasteiger partial charge on any atom is 0.00109 e. The fraction of sp³-hybridized carbons (Fsp3) is 1.00. The van der Waals surface area contributed by atoms with Gasteiger partial charge in [0.05, 0.1) is 0 Å². The number of nitrogens with one attached hydrogen (secondary N) is 1. The summed E-state index contributed by atoms with van der Waals surface area (Å²) >= 11 is 0. The molecule has 2 saturated carbocycles. The lowest BCUT2D eigenvalue weighted by molar-refractivity contribution is 0.400. The van der Waals surface area contributed by atoms with Crippen molar-refractivity contribution in [3.63, 3.8) is 0 Å². The standard InChI is InChI=1S/C12H24N2/c1-10(13)3-2-8-14-9-12(6-7-12)11-4-5-11/h10-11,14H,2-9,13H2,1H3. The lowest BCUT2D eigenvalue weighted by Crippen LogP contribution is -2.27. The van der Waals surface area contributed by atoms with Crippen LogP contribution < -0.4 is 11.1 Å². The molecule has 0 aromatic carbocycles. The van der Waals surface area contributed by atoms with Crippen molar-refractivity contribution in [2.75, 3.05) is 13.1 Å². The Hall–Kier alpha value is -0.0800. The summed E-state index contributed by atoms with van der Waals surface area (Å²) in [5.41, 5.74) is 6.46. The monoisotopic (exact) mass is 196 g/mol. The highest BCUT2D eigenvalue weighted by Gasteiger charge is 2.52. The van der Waals surface area contributed by atoms with E-state index in [0.717, 1.165) is 24.3 Å². The van der Waals surface area contributed by atoms with Crippen molar-refractivity contribution >= 4 is 0 Å². The third kappa shape index (κ3) is 2.71. The maximum atomic E-state index is 5.70. The Balaban J connectivity index is 1.51. The molecule has 0 aromatic heterocycles. The molecular formula is C12H24N2. The summed E-state index contributed by atoms with van der Waals surface area (Å²) in [6.45, 7) is 4.53. The van der Waals surface area contributed by atoms with Crippen LogP contribution in [-0.2, 0) is 0 Å². The van der Waals surface area contributed by atoms with Crippen LogP contribution in [0.25, 0.3) is 0 Å². The zero-order chi connectivity index (χ0) is 10.0. The van der Waals surface area contributed by atoms with Crippen molar-refractivity contribution in [2.24, 2.45) is 17.1 Å². The van der Waals surface area contributed by atoms with E-state index in [9.17, 15) is 0 Å². The Morgan fingerprint density at radius 2 is 2.14 bits per heavy atom. The van der Waals surface area contributed by atoms with Crippen molar-refractivity contribution in [2.45, 2.75) is 51.5 Å². The van der Waals surface area contributed by atoms with Crippen LogP contribution in [0.4, 0.5) is 0 Å². The summed E-state index contributed by atoms with van der Waals surface area (Å²) in [6.07, 6.45) is 8.36. The molecule has 2 rings (SSSR count). The zero-order valence-electron chi connectivity index (χ0n) is 9.39. The fourth-order valence-corrected chi connectivity index (χ4v) is 2.47.